The highest BCUT2D eigenvalue weighted by molar-refractivity contribution is 5.91. The van der Waals surface area contributed by atoms with Crippen LogP contribution in [0.25, 0.3) is 10.9 Å². The summed E-state index contributed by atoms with van der Waals surface area (Å²) in [6, 6.07) is 12.8. The number of nitrogens with two attached hydrogens (primary N) is 1. The molecule has 2 amide bonds. The van der Waals surface area contributed by atoms with Crippen molar-refractivity contribution in [3.63, 3.8) is 0 Å². The number of phenolic OH excluding ortho intramolecular Hbond substituents is 1. The van der Waals surface area contributed by atoms with Crippen LogP contribution in [0.3, 0.4) is 0 Å². The molecule has 2 aromatic carbocycles. The number of hydrogen-bond acceptors (Lipinski definition) is 4. The number of carbonyl (C=O) groups excluding carboxylic acids is 2. The molecule has 0 saturated carbocycles. The molecular weight excluding hydrogens is 392 g/mol. The standard InChI is InChI=1S/C24H30N4O3/c1-24(2,3)28-23(31)21(13-16-14-26-20-7-5-4-6-18(16)20)27-22(30)19(25)12-15-8-10-17(29)11-9-15/h4-11,14,19,21,26,29H,12-13,25H2,1-3H3,(H,27,30)(H,28,31)/t19-,21+/m0/s1. The van der Waals surface area contributed by atoms with Crippen LogP contribution in [-0.2, 0) is 22.4 Å². The Bertz CT molecular complexity index is 1050. The molecule has 7 heteroatoms. The van der Waals surface area contributed by atoms with E-state index in [1.165, 1.54) is 0 Å². The molecule has 1 aromatic heterocycles. The zero-order chi connectivity index (χ0) is 22.6. The number of H-pyrrole nitrogens is 1. The van der Waals surface area contributed by atoms with Gasteiger partial charge in [0.1, 0.15) is 11.8 Å². The molecule has 0 unspecified atom stereocenters. The second kappa shape index (κ2) is 9.22. The molecule has 0 aliphatic rings. The third-order valence-corrected chi connectivity index (χ3v) is 4.96. The van der Waals surface area contributed by atoms with Crippen LogP contribution in [0.5, 0.6) is 5.75 Å². The summed E-state index contributed by atoms with van der Waals surface area (Å²) in [6.07, 6.45) is 2.50. The first-order valence-electron chi connectivity index (χ1n) is 10.3. The minimum absolute atomic E-state index is 0.152. The molecule has 0 bridgehead atoms. The van der Waals surface area contributed by atoms with Gasteiger partial charge >= 0.3 is 0 Å². The highest BCUT2D eigenvalue weighted by Crippen LogP contribution is 2.19. The molecule has 164 valence electrons. The fourth-order valence-electron chi connectivity index (χ4n) is 3.44. The van der Waals surface area contributed by atoms with Gasteiger partial charge in [-0.25, -0.2) is 0 Å². The Hall–Kier alpha value is -3.32. The second-order valence-electron chi connectivity index (χ2n) is 8.84. The molecule has 1 heterocycles. The van der Waals surface area contributed by atoms with Crippen molar-refractivity contribution in [2.45, 2.75) is 51.2 Å². The Morgan fingerprint density at radius 2 is 1.71 bits per heavy atom. The number of phenols is 1. The van der Waals surface area contributed by atoms with Gasteiger partial charge in [0.2, 0.25) is 11.8 Å². The lowest BCUT2D eigenvalue weighted by atomic mass is 10.0. The van der Waals surface area contributed by atoms with Crippen LogP contribution in [-0.4, -0.2) is 39.5 Å². The van der Waals surface area contributed by atoms with Crippen molar-refractivity contribution in [3.05, 3.63) is 65.9 Å². The van der Waals surface area contributed by atoms with Crippen LogP contribution in [0.4, 0.5) is 0 Å². The Morgan fingerprint density at radius 3 is 2.39 bits per heavy atom. The minimum Gasteiger partial charge on any atom is -0.508 e. The van der Waals surface area contributed by atoms with Gasteiger partial charge in [-0.05, 0) is 56.5 Å². The number of rotatable bonds is 7. The van der Waals surface area contributed by atoms with Gasteiger partial charge < -0.3 is 26.5 Å². The summed E-state index contributed by atoms with van der Waals surface area (Å²) >= 11 is 0. The van der Waals surface area contributed by atoms with Crippen molar-refractivity contribution in [1.82, 2.24) is 15.6 Å². The highest BCUT2D eigenvalue weighted by atomic mass is 16.3. The molecule has 7 nitrogen and oxygen atoms in total. The van der Waals surface area contributed by atoms with Crippen molar-refractivity contribution >= 4 is 22.7 Å². The third-order valence-electron chi connectivity index (χ3n) is 4.96. The molecule has 2 atom stereocenters. The topological polar surface area (TPSA) is 120 Å². The van der Waals surface area contributed by atoms with E-state index in [4.69, 9.17) is 5.73 Å². The number of carbonyl (C=O) groups is 2. The van der Waals surface area contributed by atoms with Crippen LogP contribution in [0.15, 0.2) is 54.7 Å². The van der Waals surface area contributed by atoms with E-state index in [-0.39, 0.29) is 11.7 Å². The quantitative estimate of drug-likeness (QED) is 0.401. The van der Waals surface area contributed by atoms with Gasteiger partial charge in [0.15, 0.2) is 0 Å². The lowest BCUT2D eigenvalue weighted by Gasteiger charge is -2.26. The molecule has 0 saturated heterocycles. The summed E-state index contributed by atoms with van der Waals surface area (Å²) in [4.78, 5) is 29.0. The van der Waals surface area contributed by atoms with Crippen molar-refractivity contribution in [2.24, 2.45) is 5.73 Å². The van der Waals surface area contributed by atoms with Crippen molar-refractivity contribution in [2.75, 3.05) is 0 Å². The predicted molar refractivity (Wildman–Crippen MR) is 122 cm³/mol. The summed E-state index contributed by atoms with van der Waals surface area (Å²) < 4.78 is 0. The van der Waals surface area contributed by atoms with E-state index in [1.54, 1.807) is 24.3 Å². The van der Waals surface area contributed by atoms with Gasteiger partial charge in [-0.3, -0.25) is 9.59 Å². The number of fused-ring (bicyclic) bond motifs is 1. The molecule has 0 aliphatic carbocycles. The average Bonchev–Trinajstić information content (AvgIpc) is 3.11. The van der Waals surface area contributed by atoms with E-state index < -0.39 is 23.5 Å². The van der Waals surface area contributed by atoms with E-state index in [2.05, 4.69) is 15.6 Å². The highest BCUT2D eigenvalue weighted by Gasteiger charge is 2.27. The van der Waals surface area contributed by atoms with Crippen LogP contribution in [0.1, 0.15) is 31.9 Å². The van der Waals surface area contributed by atoms with Gasteiger partial charge in [0.25, 0.3) is 0 Å². The van der Waals surface area contributed by atoms with Crippen molar-refractivity contribution in [1.29, 1.82) is 0 Å². The Labute approximate surface area is 182 Å². The van der Waals surface area contributed by atoms with E-state index in [9.17, 15) is 14.7 Å². The van der Waals surface area contributed by atoms with Gasteiger partial charge in [0.05, 0.1) is 6.04 Å². The molecule has 3 rings (SSSR count). The largest absolute Gasteiger partial charge is 0.508 e. The van der Waals surface area contributed by atoms with Gasteiger partial charge in [-0.15, -0.1) is 0 Å². The zero-order valence-electron chi connectivity index (χ0n) is 18.1. The normalized spacial score (nSPS) is 13.5. The summed E-state index contributed by atoms with van der Waals surface area (Å²) in [5.41, 5.74) is 8.42. The summed E-state index contributed by atoms with van der Waals surface area (Å²) in [5.74, 6) is -0.510. The monoisotopic (exact) mass is 422 g/mol. The molecule has 6 N–H and O–H groups in total. The molecule has 3 aromatic rings. The number of benzene rings is 2. The lowest BCUT2D eigenvalue weighted by Crippen LogP contribution is -2.56. The maximum Gasteiger partial charge on any atom is 0.243 e. The number of amides is 2. The van der Waals surface area contributed by atoms with Crippen molar-refractivity contribution in [3.8, 4) is 5.75 Å². The minimum atomic E-state index is -0.822. The molecule has 0 aliphatic heterocycles. The van der Waals surface area contributed by atoms with Gasteiger partial charge in [0, 0.05) is 29.1 Å². The van der Waals surface area contributed by atoms with Crippen LogP contribution >= 0.6 is 0 Å². The smallest absolute Gasteiger partial charge is 0.243 e. The van der Waals surface area contributed by atoms with Crippen LogP contribution < -0.4 is 16.4 Å². The first kappa shape index (κ1) is 22.4. The fourth-order valence-corrected chi connectivity index (χ4v) is 3.44. The third kappa shape index (κ3) is 6.08. The lowest BCUT2D eigenvalue weighted by molar-refractivity contribution is -0.130. The molecule has 0 spiro atoms. The predicted octanol–water partition coefficient (Wildman–Crippen LogP) is 2.39. The van der Waals surface area contributed by atoms with E-state index >= 15 is 0 Å². The molecule has 0 radical (unpaired) electrons. The Kier molecular flexibility index (Phi) is 6.65. The van der Waals surface area contributed by atoms with E-state index in [0.29, 0.717) is 12.8 Å². The van der Waals surface area contributed by atoms with E-state index in [0.717, 1.165) is 22.0 Å². The molecule has 31 heavy (non-hydrogen) atoms. The molecular formula is C24H30N4O3. The number of aromatic amines is 1. The number of para-hydroxylation sites is 1. The number of aromatic hydroxyl groups is 1. The van der Waals surface area contributed by atoms with Gasteiger partial charge in [-0.1, -0.05) is 30.3 Å². The SMILES string of the molecule is CC(C)(C)NC(=O)[C@@H](Cc1c[nH]c2ccccc12)NC(=O)[C@@H](N)Cc1ccc(O)cc1. The zero-order valence-corrected chi connectivity index (χ0v) is 18.1. The number of hydrogen-bond donors (Lipinski definition) is 5. The first-order chi connectivity index (χ1) is 14.6. The van der Waals surface area contributed by atoms with Gasteiger partial charge in [-0.2, -0.15) is 0 Å². The summed E-state index contributed by atoms with van der Waals surface area (Å²) in [6.45, 7) is 5.68. The Balaban J connectivity index is 1.76. The van der Waals surface area contributed by atoms with Crippen molar-refractivity contribution < 1.29 is 14.7 Å². The summed E-state index contributed by atoms with van der Waals surface area (Å²) in [5, 5.41) is 16.2. The average molecular weight is 423 g/mol. The Morgan fingerprint density at radius 1 is 1.03 bits per heavy atom. The fraction of sp³-hybridized carbons (Fsp3) is 0.333. The number of nitrogens with one attached hydrogen (secondary N) is 3. The van der Waals surface area contributed by atoms with Crippen LogP contribution in [0, 0.1) is 0 Å². The second-order valence-corrected chi connectivity index (χ2v) is 8.84. The maximum absolute atomic E-state index is 13.0. The first-order valence-corrected chi connectivity index (χ1v) is 10.3. The van der Waals surface area contributed by atoms with E-state index in [1.807, 2.05) is 51.2 Å². The number of aromatic nitrogens is 1. The summed E-state index contributed by atoms with van der Waals surface area (Å²) in [7, 11) is 0. The maximum atomic E-state index is 13.0. The van der Waals surface area contributed by atoms with Crippen LogP contribution in [0.2, 0.25) is 0 Å². The molecule has 0 fully saturated rings.